The Hall–Kier alpha value is -1.36. The van der Waals surface area contributed by atoms with E-state index in [2.05, 4.69) is 21.0 Å². The number of nitrogens with zero attached hydrogens (tertiary/aromatic N) is 2. The SMILES string of the molecule is O=C1N=[N+](CBr)C(=O)c2ccccc21. The zero-order valence-corrected chi connectivity index (χ0v) is 8.69. The minimum Gasteiger partial charge on any atom is -0.260 e. The summed E-state index contributed by atoms with van der Waals surface area (Å²) < 4.78 is 1.10. The van der Waals surface area contributed by atoms with Crippen LogP contribution in [0.15, 0.2) is 29.4 Å². The van der Waals surface area contributed by atoms with E-state index in [1.54, 1.807) is 24.3 Å². The Morgan fingerprint density at radius 1 is 1.21 bits per heavy atom. The van der Waals surface area contributed by atoms with E-state index in [0.29, 0.717) is 11.1 Å². The van der Waals surface area contributed by atoms with Crippen molar-refractivity contribution in [2.24, 2.45) is 5.11 Å². The fraction of sp³-hybridized carbons (Fsp3) is 0.111. The molecular formula is C9H6BrN2O2+. The molecule has 0 atom stereocenters. The van der Waals surface area contributed by atoms with Crippen molar-refractivity contribution in [3.8, 4) is 0 Å². The maximum atomic E-state index is 11.6. The van der Waals surface area contributed by atoms with Crippen LogP contribution in [0, 0.1) is 0 Å². The molecule has 0 radical (unpaired) electrons. The summed E-state index contributed by atoms with van der Waals surface area (Å²) in [5, 5.41) is 3.62. The Labute approximate surface area is 88.4 Å². The maximum absolute atomic E-state index is 11.6. The van der Waals surface area contributed by atoms with Crippen molar-refractivity contribution in [1.82, 2.24) is 0 Å². The second-order valence-electron chi connectivity index (χ2n) is 2.77. The van der Waals surface area contributed by atoms with Crippen molar-refractivity contribution < 1.29 is 14.3 Å². The molecule has 0 saturated heterocycles. The lowest BCUT2D eigenvalue weighted by Gasteiger charge is -2.04. The van der Waals surface area contributed by atoms with E-state index >= 15 is 0 Å². The van der Waals surface area contributed by atoms with Crippen LogP contribution in [0.5, 0.6) is 0 Å². The molecule has 0 aromatic heterocycles. The van der Waals surface area contributed by atoms with Gasteiger partial charge in [0.05, 0.1) is 5.56 Å². The van der Waals surface area contributed by atoms with Gasteiger partial charge in [-0.15, -0.1) is 0 Å². The average molecular weight is 254 g/mol. The molecule has 1 aromatic rings. The first-order valence-electron chi connectivity index (χ1n) is 3.97. The van der Waals surface area contributed by atoms with Gasteiger partial charge in [0.1, 0.15) is 5.56 Å². The molecule has 2 rings (SSSR count). The number of amides is 2. The summed E-state index contributed by atoms with van der Waals surface area (Å²) in [4.78, 5) is 23.1. The quantitative estimate of drug-likeness (QED) is 0.436. The number of fused-ring (bicyclic) bond motifs is 1. The number of carbonyl (C=O) groups excluding carboxylic acids is 2. The van der Waals surface area contributed by atoms with Crippen molar-refractivity contribution in [3.63, 3.8) is 0 Å². The van der Waals surface area contributed by atoms with Crippen LogP contribution in [0.25, 0.3) is 0 Å². The highest BCUT2D eigenvalue weighted by atomic mass is 79.9. The topological polar surface area (TPSA) is 49.5 Å². The summed E-state index contributed by atoms with van der Waals surface area (Å²) in [6.45, 7) is 0. The number of azo groups is 2. The first kappa shape index (κ1) is 9.21. The van der Waals surface area contributed by atoms with Gasteiger partial charge in [-0.25, -0.2) is 4.79 Å². The molecule has 0 aliphatic carbocycles. The van der Waals surface area contributed by atoms with Gasteiger partial charge in [0, 0.05) is 5.11 Å². The monoisotopic (exact) mass is 253 g/mol. The number of halogens is 1. The Kier molecular flexibility index (Phi) is 2.25. The Morgan fingerprint density at radius 3 is 2.50 bits per heavy atom. The molecule has 5 heteroatoms. The van der Waals surface area contributed by atoms with E-state index < -0.39 is 0 Å². The number of rotatable bonds is 1. The first-order chi connectivity index (χ1) is 6.74. The summed E-state index contributed by atoms with van der Waals surface area (Å²) >= 11 is 3.09. The highest BCUT2D eigenvalue weighted by molar-refractivity contribution is 9.09. The largest absolute Gasteiger partial charge is 0.445 e. The normalized spacial score (nSPS) is 15.1. The lowest BCUT2D eigenvalue weighted by molar-refractivity contribution is -0.471. The van der Waals surface area contributed by atoms with Crippen LogP contribution in [-0.4, -0.2) is 22.0 Å². The van der Waals surface area contributed by atoms with Crippen molar-refractivity contribution in [2.45, 2.75) is 0 Å². The van der Waals surface area contributed by atoms with E-state index in [-0.39, 0.29) is 17.3 Å². The number of benzene rings is 1. The molecule has 0 spiro atoms. The Balaban J connectivity index is 2.61. The molecule has 2 amide bonds. The Morgan fingerprint density at radius 2 is 1.86 bits per heavy atom. The minimum absolute atomic E-state index is 0.228. The predicted octanol–water partition coefficient (Wildman–Crippen LogP) is 1.80. The second kappa shape index (κ2) is 3.42. The zero-order valence-electron chi connectivity index (χ0n) is 7.11. The highest BCUT2D eigenvalue weighted by Crippen LogP contribution is 2.16. The predicted molar refractivity (Wildman–Crippen MR) is 51.6 cm³/mol. The smallest absolute Gasteiger partial charge is 0.260 e. The maximum Gasteiger partial charge on any atom is 0.445 e. The van der Waals surface area contributed by atoms with Crippen molar-refractivity contribution in [2.75, 3.05) is 5.45 Å². The average Bonchev–Trinajstić information content (AvgIpc) is 2.23. The fourth-order valence-corrected chi connectivity index (χ4v) is 1.62. The molecule has 0 bridgehead atoms. The van der Waals surface area contributed by atoms with E-state index in [1.165, 1.54) is 0 Å². The van der Waals surface area contributed by atoms with Crippen LogP contribution < -0.4 is 0 Å². The molecule has 0 saturated carbocycles. The number of alkyl halides is 1. The lowest BCUT2D eigenvalue weighted by atomic mass is 10.1. The molecule has 0 fully saturated rings. The lowest BCUT2D eigenvalue weighted by Crippen LogP contribution is -2.26. The summed E-state index contributed by atoms with van der Waals surface area (Å²) in [5.74, 6) is -0.628. The van der Waals surface area contributed by atoms with Gasteiger partial charge in [-0.2, -0.15) is 0 Å². The summed E-state index contributed by atoms with van der Waals surface area (Å²) in [6.07, 6.45) is 0. The molecule has 0 N–H and O–H groups in total. The van der Waals surface area contributed by atoms with E-state index in [4.69, 9.17) is 0 Å². The first-order valence-corrected chi connectivity index (χ1v) is 5.09. The van der Waals surface area contributed by atoms with Crippen molar-refractivity contribution in [1.29, 1.82) is 0 Å². The second-order valence-corrected chi connectivity index (χ2v) is 3.28. The van der Waals surface area contributed by atoms with Gasteiger partial charge in [-0.1, -0.05) is 12.1 Å². The Bertz CT molecular complexity index is 454. The van der Waals surface area contributed by atoms with E-state index in [9.17, 15) is 9.59 Å². The standard InChI is InChI=1S/C9H6BrN2O2/c10-5-12-9(14)7-4-2-1-3-6(7)8(13)11-12/h1-4H,5H2/q+1. The van der Waals surface area contributed by atoms with Crippen LogP contribution >= 0.6 is 15.9 Å². The van der Waals surface area contributed by atoms with Gasteiger partial charge in [0.15, 0.2) is 0 Å². The molecule has 4 nitrogen and oxygen atoms in total. The summed E-state index contributed by atoms with van der Waals surface area (Å²) in [6, 6.07) is 6.66. The minimum atomic E-state index is -0.375. The van der Waals surface area contributed by atoms with Crippen molar-refractivity contribution >= 4 is 27.7 Å². The molecule has 14 heavy (non-hydrogen) atoms. The molecule has 70 valence electrons. The molecule has 1 aliphatic rings. The molecule has 1 heterocycles. The van der Waals surface area contributed by atoms with Crippen molar-refractivity contribution in [3.05, 3.63) is 35.4 Å². The van der Waals surface area contributed by atoms with Crippen LogP contribution in [0.3, 0.4) is 0 Å². The third-order valence-corrected chi connectivity index (χ3v) is 2.42. The number of hydrogen-bond donors (Lipinski definition) is 0. The zero-order chi connectivity index (χ0) is 10.1. The van der Waals surface area contributed by atoms with Gasteiger partial charge in [-0.3, -0.25) is 4.79 Å². The molecule has 0 unspecified atom stereocenters. The van der Waals surface area contributed by atoms with Gasteiger partial charge in [-0.05, 0) is 32.8 Å². The van der Waals surface area contributed by atoms with Crippen LogP contribution in [0.1, 0.15) is 20.7 Å². The van der Waals surface area contributed by atoms with Gasteiger partial charge in [0.25, 0.3) is 0 Å². The summed E-state index contributed by atoms with van der Waals surface area (Å²) in [5.41, 5.74) is 1.01. The third kappa shape index (κ3) is 1.29. The molecule has 1 aromatic carbocycles. The van der Waals surface area contributed by atoms with Gasteiger partial charge < -0.3 is 0 Å². The van der Waals surface area contributed by atoms with Gasteiger partial charge in [0.2, 0.25) is 5.45 Å². The van der Waals surface area contributed by atoms with Crippen LogP contribution in [0.4, 0.5) is 0 Å². The molecule has 1 aliphatic heterocycles. The number of carbonyl (C=O) groups is 2. The number of hydrogen-bond acceptors (Lipinski definition) is 2. The fourth-order valence-electron chi connectivity index (χ4n) is 1.29. The third-order valence-electron chi connectivity index (χ3n) is 1.95. The van der Waals surface area contributed by atoms with Crippen LogP contribution in [0.2, 0.25) is 0 Å². The van der Waals surface area contributed by atoms with E-state index in [1.807, 2.05) is 0 Å². The van der Waals surface area contributed by atoms with Crippen LogP contribution in [-0.2, 0) is 0 Å². The summed E-state index contributed by atoms with van der Waals surface area (Å²) in [7, 11) is 0. The van der Waals surface area contributed by atoms with Gasteiger partial charge >= 0.3 is 11.8 Å². The van der Waals surface area contributed by atoms with E-state index in [0.717, 1.165) is 4.70 Å². The molecular weight excluding hydrogens is 248 g/mol. The highest BCUT2D eigenvalue weighted by Gasteiger charge is 2.33.